The number of nitrogens with zero attached hydrogens (tertiary/aromatic N) is 3. The minimum absolute atomic E-state index is 0.0280. The fraction of sp³-hybridized carbons (Fsp3) is 0.739. The Labute approximate surface area is 199 Å². The van der Waals surface area contributed by atoms with Gasteiger partial charge < -0.3 is 0 Å². The molecule has 33 heavy (non-hydrogen) atoms. The Morgan fingerprint density at radius 1 is 1.15 bits per heavy atom. The average Bonchev–Trinajstić information content (AvgIpc) is 2.79. The van der Waals surface area contributed by atoms with Crippen LogP contribution in [0.15, 0.2) is 18.2 Å². The van der Waals surface area contributed by atoms with Gasteiger partial charge in [0.15, 0.2) is 0 Å². The largest absolute Gasteiger partial charge is 0.296 e. The molecule has 10 heteroatoms. The minimum Gasteiger partial charge on any atom is -0.296 e. The molecule has 0 saturated carbocycles. The van der Waals surface area contributed by atoms with Crippen molar-refractivity contribution in [2.24, 2.45) is 5.92 Å². The highest BCUT2D eigenvalue weighted by atomic mass is 32.2. The molecule has 0 radical (unpaired) electrons. The lowest BCUT2D eigenvalue weighted by molar-refractivity contribution is 0.0220. The van der Waals surface area contributed by atoms with Gasteiger partial charge in [-0.2, -0.15) is 17.0 Å². The molecule has 8 nitrogen and oxygen atoms in total. The first-order valence-corrected chi connectivity index (χ1v) is 15.2. The summed E-state index contributed by atoms with van der Waals surface area (Å²) in [5.74, 6) is 0.338. The first-order valence-electron chi connectivity index (χ1n) is 12.1. The van der Waals surface area contributed by atoms with Crippen molar-refractivity contribution in [3.05, 3.63) is 34.9 Å². The third kappa shape index (κ3) is 5.31. The van der Waals surface area contributed by atoms with E-state index in [-0.39, 0.29) is 30.8 Å². The van der Waals surface area contributed by atoms with E-state index in [2.05, 4.69) is 34.7 Å². The number of sulfonamides is 1. The maximum atomic E-state index is 13.3. The summed E-state index contributed by atoms with van der Waals surface area (Å²) in [5.41, 5.74) is 4.16. The fourth-order valence-corrected chi connectivity index (χ4v) is 8.22. The Kier molecular flexibility index (Phi) is 7.53. The van der Waals surface area contributed by atoms with E-state index in [1.165, 1.54) is 30.8 Å². The molecule has 1 aromatic carbocycles. The molecule has 0 unspecified atom stereocenters. The zero-order chi connectivity index (χ0) is 23.8. The van der Waals surface area contributed by atoms with Crippen molar-refractivity contribution in [3.63, 3.8) is 0 Å². The molecule has 3 atom stereocenters. The lowest BCUT2D eigenvalue weighted by atomic mass is 9.77. The third-order valence-corrected chi connectivity index (χ3v) is 11.1. The first kappa shape index (κ1) is 25.1. The summed E-state index contributed by atoms with van der Waals surface area (Å²) in [7, 11) is -4.09. The number of hydrogen-bond acceptors (Lipinski definition) is 5. The van der Waals surface area contributed by atoms with Gasteiger partial charge in [0.25, 0.3) is 10.2 Å². The van der Waals surface area contributed by atoms with Crippen LogP contribution in [0.4, 0.5) is 0 Å². The van der Waals surface area contributed by atoms with E-state index in [1.807, 2.05) is 0 Å². The lowest BCUT2D eigenvalue weighted by Crippen LogP contribution is -2.57. The van der Waals surface area contributed by atoms with Crippen LogP contribution < -0.4 is 4.72 Å². The summed E-state index contributed by atoms with van der Waals surface area (Å²) in [6, 6.07) is 7.13. The first-order chi connectivity index (χ1) is 15.6. The Morgan fingerprint density at radius 2 is 1.94 bits per heavy atom. The molecule has 2 fully saturated rings. The molecule has 0 bridgehead atoms. The molecule has 4 rings (SSSR count). The highest BCUT2D eigenvalue weighted by Crippen LogP contribution is 2.43. The molecule has 0 aromatic heterocycles. The normalized spacial score (nSPS) is 26.6. The molecule has 0 amide bonds. The van der Waals surface area contributed by atoms with Crippen LogP contribution in [0.3, 0.4) is 0 Å². The molecular formula is C23H38N4O4S2. The maximum Gasteiger partial charge on any atom is 0.278 e. The van der Waals surface area contributed by atoms with Gasteiger partial charge in [-0.15, -0.1) is 0 Å². The molecule has 3 aliphatic rings. The molecule has 3 aliphatic heterocycles. The average molecular weight is 499 g/mol. The Balaban J connectivity index is 1.46. The molecule has 0 aliphatic carbocycles. The van der Waals surface area contributed by atoms with Gasteiger partial charge in [-0.25, -0.2) is 13.1 Å². The lowest BCUT2D eigenvalue weighted by Gasteiger charge is -2.51. The second-order valence-corrected chi connectivity index (χ2v) is 13.8. The van der Waals surface area contributed by atoms with Gasteiger partial charge in [-0.05, 0) is 61.1 Å². The van der Waals surface area contributed by atoms with E-state index < -0.39 is 20.2 Å². The van der Waals surface area contributed by atoms with Crippen molar-refractivity contribution in [1.29, 1.82) is 0 Å². The number of rotatable bonds is 8. The minimum atomic E-state index is -3.54. The molecule has 1 aromatic rings. The van der Waals surface area contributed by atoms with Crippen molar-refractivity contribution in [2.75, 3.05) is 46.0 Å². The van der Waals surface area contributed by atoms with Crippen molar-refractivity contribution in [2.45, 2.75) is 57.5 Å². The number of benzene rings is 1. The monoisotopic (exact) mass is 498 g/mol. The highest BCUT2D eigenvalue weighted by molar-refractivity contribution is 7.89. The number of fused-ring (bicyclic) bond motifs is 4. The third-order valence-electron chi connectivity index (χ3n) is 7.59. The Bertz CT molecular complexity index is 1060. The van der Waals surface area contributed by atoms with Crippen molar-refractivity contribution >= 4 is 20.2 Å². The van der Waals surface area contributed by atoms with E-state index in [4.69, 9.17) is 0 Å². The molecule has 186 valence electrons. The van der Waals surface area contributed by atoms with Crippen LogP contribution in [0.2, 0.25) is 0 Å². The van der Waals surface area contributed by atoms with Gasteiger partial charge in [-0.3, -0.25) is 4.90 Å². The predicted molar refractivity (Wildman–Crippen MR) is 131 cm³/mol. The fourth-order valence-electron chi connectivity index (χ4n) is 5.73. The maximum absolute atomic E-state index is 13.3. The zero-order valence-electron chi connectivity index (χ0n) is 20.0. The van der Waals surface area contributed by atoms with Gasteiger partial charge in [0.05, 0.1) is 5.75 Å². The number of piperidine rings is 2. The Morgan fingerprint density at radius 3 is 2.67 bits per heavy atom. The van der Waals surface area contributed by atoms with Crippen LogP contribution in [0.1, 0.15) is 55.3 Å². The van der Waals surface area contributed by atoms with Gasteiger partial charge in [0.1, 0.15) is 0 Å². The smallest absolute Gasteiger partial charge is 0.278 e. The summed E-state index contributed by atoms with van der Waals surface area (Å²) in [6.07, 6.45) is 5.18. The van der Waals surface area contributed by atoms with Crippen molar-refractivity contribution in [1.82, 2.24) is 18.2 Å². The quantitative estimate of drug-likeness (QED) is 0.552. The molecule has 3 heterocycles. The van der Waals surface area contributed by atoms with Crippen LogP contribution in [0.5, 0.6) is 0 Å². The highest BCUT2D eigenvalue weighted by Gasteiger charge is 2.45. The van der Waals surface area contributed by atoms with Crippen molar-refractivity contribution < 1.29 is 16.8 Å². The number of nitrogens with one attached hydrogen (secondary N) is 1. The molecular weight excluding hydrogens is 460 g/mol. The SMILES string of the molecule is CCc1ccc2c(c1)CCN1C[C@H]3CCCN(S(=O)(=O)CCCNS(=O)(=O)N(C)C)[C@H]3C[C@@H]21. The Hall–Kier alpha value is -1.04. The molecule has 2 saturated heterocycles. The predicted octanol–water partition coefficient (Wildman–Crippen LogP) is 1.75. The summed E-state index contributed by atoms with van der Waals surface area (Å²) in [5, 5.41) is 0. The standard InChI is InChI=1S/C23H38N4O4S2/c1-4-18-8-9-21-19(15-18)10-13-26-17-20-7-5-12-27(22(20)16-23(21)26)32(28,29)14-6-11-24-33(30,31)25(2)3/h8-9,15,20,22-24H,4-7,10-14,16-17H2,1-3H3/t20-,22+,23+/m1/s1. The van der Waals surface area contributed by atoms with Crippen LogP contribution in [-0.2, 0) is 33.1 Å². The van der Waals surface area contributed by atoms with Gasteiger partial charge >= 0.3 is 0 Å². The van der Waals surface area contributed by atoms with E-state index in [1.54, 1.807) is 4.31 Å². The summed E-state index contributed by atoms with van der Waals surface area (Å²) < 4.78 is 55.7. The van der Waals surface area contributed by atoms with E-state index in [0.29, 0.717) is 12.5 Å². The molecule has 0 spiro atoms. The van der Waals surface area contributed by atoms with E-state index in [0.717, 1.165) is 49.5 Å². The second-order valence-electron chi connectivity index (χ2n) is 9.81. The second kappa shape index (κ2) is 9.91. The van der Waals surface area contributed by atoms with Crippen LogP contribution in [-0.4, -0.2) is 82.4 Å². The summed E-state index contributed by atoms with van der Waals surface area (Å²) in [4.78, 5) is 2.57. The van der Waals surface area contributed by atoms with Crippen LogP contribution in [0.25, 0.3) is 0 Å². The van der Waals surface area contributed by atoms with Gasteiger partial charge in [0, 0.05) is 52.4 Å². The van der Waals surface area contributed by atoms with Gasteiger partial charge in [-0.1, -0.05) is 25.1 Å². The zero-order valence-corrected chi connectivity index (χ0v) is 21.7. The van der Waals surface area contributed by atoms with Gasteiger partial charge in [0.2, 0.25) is 10.0 Å². The number of hydrogen-bond donors (Lipinski definition) is 1. The van der Waals surface area contributed by atoms with Crippen molar-refractivity contribution in [3.8, 4) is 0 Å². The summed E-state index contributed by atoms with van der Waals surface area (Å²) in [6.45, 7) is 4.87. The van der Waals surface area contributed by atoms with Crippen LogP contribution >= 0.6 is 0 Å². The van der Waals surface area contributed by atoms with Crippen LogP contribution in [0, 0.1) is 5.92 Å². The van der Waals surface area contributed by atoms with E-state index in [9.17, 15) is 16.8 Å². The van der Waals surface area contributed by atoms with E-state index >= 15 is 0 Å². The molecule has 1 N–H and O–H groups in total. The number of aryl methyl sites for hydroxylation is 1. The summed E-state index contributed by atoms with van der Waals surface area (Å²) >= 11 is 0. The topological polar surface area (TPSA) is 90.0 Å².